The summed E-state index contributed by atoms with van der Waals surface area (Å²) >= 11 is 1.25. The van der Waals surface area contributed by atoms with Crippen molar-refractivity contribution < 1.29 is 26.3 Å². The van der Waals surface area contributed by atoms with E-state index in [1.165, 1.54) is 23.7 Å². The number of ether oxygens (including phenoxy) is 1. The molecule has 9 nitrogen and oxygen atoms in total. The lowest BCUT2D eigenvalue weighted by molar-refractivity contribution is -0.142. The van der Waals surface area contributed by atoms with Gasteiger partial charge >= 0.3 is 6.18 Å². The third-order valence-corrected chi connectivity index (χ3v) is 6.88. The van der Waals surface area contributed by atoms with Crippen molar-refractivity contribution >= 4 is 21.4 Å². The Morgan fingerprint density at radius 2 is 2.03 bits per heavy atom. The summed E-state index contributed by atoms with van der Waals surface area (Å²) in [5, 5.41) is 7.91. The number of benzene rings is 1. The Balaban J connectivity index is 1.53. The summed E-state index contributed by atoms with van der Waals surface area (Å²) in [4.78, 5) is 9.42. The van der Waals surface area contributed by atoms with Crippen molar-refractivity contribution in [1.82, 2.24) is 28.9 Å². The molecule has 1 aromatic carbocycles. The highest BCUT2D eigenvalue weighted by molar-refractivity contribution is 7.89. The smallest absolute Gasteiger partial charge is 0.408 e. The third kappa shape index (κ3) is 4.23. The molecule has 14 heteroatoms. The molecule has 0 saturated heterocycles. The Kier molecular flexibility index (Phi) is 5.01. The van der Waals surface area contributed by atoms with Gasteiger partial charge in [-0.2, -0.15) is 27.5 Å². The first-order chi connectivity index (χ1) is 15.6. The maximum atomic E-state index is 12.9. The summed E-state index contributed by atoms with van der Waals surface area (Å²) < 4.78 is 69.6. The van der Waals surface area contributed by atoms with Crippen LogP contribution in [0.4, 0.5) is 13.2 Å². The molecule has 33 heavy (non-hydrogen) atoms. The Bertz CT molecular complexity index is 1460. The largest absolute Gasteiger partial charge is 0.492 e. The first-order valence-electron chi connectivity index (χ1n) is 9.56. The van der Waals surface area contributed by atoms with Crippen molar-refractivity contribution in [2.45, 2.75) is 19.1 Å². The van der Waals surface area contributed by atoms with Gasteiger partial charge in [0, 0.05) is 22.4 Å². The van der Waals surface area contributed by atoms with E-state index in [0.29, 0.717) is 46.2 Å². The fourth-order valence-electron chi connectivity index (χ4n) is 3.45. The van der Waals surface area contributed by atoms with Gasteiger partial charge in [0.2, 0.25) is 0 Å². The van der Waals surface area contributed by atoms with Crippen LogP contribution in [0, 0.1) is 0 Å². The zero-order valence-electron chi connectivity index (χ0n) is 16.9. The standard InChI is InChI=1S/C19H15F3N6O3S2/c1-33(29,30)28-8-12(7-24-28)11-2-3-13-14(6-11)31-5-4-15-16(13)26-18(32-15)17-23-10-25-27(17)9-19(20,21)22/h2-3,6-8,10H,4-5,9H2,1H3. The minimum Gasteiger partial charge on any atom is -0.492 e. The van der Waals surface area contributed by atoms with Gasteiger partial charge in [-0.3, -0.25) is 0 Å². The molecule has 0 unspecified atom stereocenters. The van der Waals surface area contributed by atoms with E-state index >= 15 is 0 Å². The predicted octanol–water partition coefficient (Wildman–Crippen LogP) is 3.24. The number of hydrogen-bond acceptors (Lipinski definition) is 8. The quantitative estimate of drug-likeness (QED) is 0.427. The number of nitrogens with zero attached hydrogens (tertiary/aromatic N) is 6. The molecule has 0 bridgehead atoms. The van der Waals surface area contributed by atoms with E-state index in [0.717, 1.165) is 26.2 Å². The van der Waals surface area contributed by atoms with Gasteiger partial charge < -0.3 is 4.74 Å². The van der Waals surface area contributed by atoms with Crippen LogP contribution in [0.15, 0.2) is 36.9 Å². The topological polar surface area (TPSA) is 105 Å². The number of halogens is 3. The molecule has 4 aromatic rings. The normalized spacial score (nSPS) is 13.8. The molecule has 0 atom stereocenters. The molecule has 5 rings (SSSR count). The maximum Gasteiger partial charge on any atom is 0.408 e. The second kappa shape index (κ2) is 7.66. The van der Waals surface area contributed by atoms with Crippen LogP contribution in [0.3, 0.4) is 0 Å². The SMILES string of the molecule is CS(=O)(=O)n1cc(-c2ccc3c(c2)OCCc2sc(-c4ncnn4CC(F)(F)F)nc2-3)cn1. The van der Waals surface area contributed by atoms with Crippen LogP contribution in [0.5, 0.6) is 5.75 Å². The van der Waals surface area contributed by atoms with Gasteiger partial charge in [0.05, 0.1) is 31.0 Å². The summed E-state index contributed by atoms with van der Waals surface area (Å²) in [5.41, 5.74) is 2.59. The third-order valence-electron chi connectivity index (χ3n) is 4.89. The zero-order chi connectivity index (χ0) is 23.4. The monoisotopic (exact) mass is 496 g/mol. The van der Waals surface area contributed by atoms with Crippen molar-refractivity contribution in [3.05, 3.63) is 41.8 Å². The van der Waals surface area contributed by atoms with E-state index in [2.05, 4.69) is 20.2 Å². The number of thiazole rings is 1. The average Bonchev–Trinajstić information content (AvgIpc) is 3.44. The molecule has 4 heterocycles. The minimum atomic E-state index is -4.43. The Labute approximate surface area is 189 Å². The number of hydrogen-bond donors (Lipinski definition) is 0. The van der Waals surface area contributed by atoms with E-state index in [-0.39, 0.29) is 5.82 Å². The highest BCUT2D eigenvalue weighted by Gasteiger charge is 2.31. The molecule has 0 aliphatic carbocycles. The molecule has 0 radical (unpaired) electrons. The van der Waals surface area contributed by atoms with Crippen molar-refractivity contribution in [3.63, 3.8) is 0 Å². The lowest BCUT2D eigenvalue weighted by Gasteiger charge is -2.09. The molecule has 172 valence electrons. The molecule has 0 amide bonds. The second-order valence-corrected chi connectivity index (χ2v) is 10.2. The van der Waals surface area contributed by atoms with Crippen molar-refractivity contribution in [2.24, 2.45) is 0 Å². The van der Waals surface area contributed by atoms with Crippen LogP contribution in [0.2, 0.25) is 0 Å². The van der Waals surface area contributed by atoms with Gasteiger partial charge in [-0.15, -0.1) is 11.3 Å². The van der Waals surface area contributed by atoms with Gasteiger partial charge in [-0.05, 0) is 17.7 Å². The zero-order valence-corrected chi connectivity index (χ0v) is 18.6. The Morgan fingerprint density at radius 1 is 1.21 bits per heavy atom. The van der Waals surface area contributed by atoms with E-state index in [1.807, 2.05) is 0 Å². The van der Waals surface area contributed by atoms with Crippen LogP contribution in [0.25, 0.3) is 33.2 Å². The summed E-state index contributed by atoms with van der Waals surface area (Å²) in [6.07, 6.45) is 1.08. The van der Waals surface area contributed by atoms with Gasteiger partial charge in [-0.1, -0.05) is 6.07 Å². The van der Waals surface area contributed by atoms with Crippen LogP contribution >= 0.6 is 11.3 Å². The minimum absolute atomic E-state index is 0.0534. The van der Waals surface area contributed by atoms with E-state index in [9.17, 15) is 21.6 Å². The van der Waals surface area contributed by atoms with Crippen molar-refractivity contribution in [3.8, 4) is 39.0 Å². The number of fused-ring (bicyclic) bond motifs is 3. The van der Waals surface area contributed by atoms with Gasteiger partial charge in [0.15, 0.2) is 10.8 Å². The fraction of sp³-hybridized carbons (Fsp3) is 0.263. The molecule has 0 fully saturated rings. The van der Waals surface area contributed by atoms with Crippen LogP contribution < -0.4 is 4.74 Å². The van der Waals surface area contributed by atoms with Crippen molar-refractivity contribution in [2.75, 3.05) is 12.9 Å². The summed E-state index contributed by atoms with van der Waals surface area (Å²) in [5.74, 6) is 0.588. The first kappa shape index (κ1) is 21.6. The number of rotatable bonds is 4. The molecule has 0 spiro atoms. The number of aromatic nitrogens is 6. The van der Waals surface area contributed by atoms with Gasteiger partial charge in [-0.25, -0.2) is 23.1 Å². The average molecular weight is 496 g/mol. The van der Waals surface area contributed by atoms with Crippen LogP contribution in [0.1, 0.15) is 4.88 Å². The molecule has 0 N–H and O–H groups in total. The van der Waals surface area contributed by atoms with E-state index in [1.54, 1.807) is 18.2 Å². The molecular weight excluding hydrogens is 481 g/mol. The van der Waals surface area contributed by atoms with E-state index < -0.39 is 22.7 Å². The van der Waals surface area contributed by atoms with Crippen LogP contribution in [-0.2, 0) is 23.0 Å². The van der Waals surface area contributed by atoms with E-state index in [4.69, 9.17) is 4.74 Å². The molecule has 3 aromatic heterocycles. The highest BCUT2D eigenvalue weighted by atomic mass is 32.2. The van der Waals surface area contributed by atoms with Crippen molar-refractivity contribution in [1.29, 1.82) is 0 Å². The summed E-state index contributed by atoms with van der Waals surface area (Å²) in [6.45, 7) is -0.903. The fourth-order valence-corrected chi connectivity index (χ4v) is 5.03. The predicted molar refractivity (Wildman–Crippen MR) is 113 cm³/mol. The van der Waals surface area contributed by atoms with Crippen LogP contribution in [-0.4, -0.2) is 56.4 Å². The summed E-state index contributed by atoms with van der Waals surface area (Å²) in [7, 11) is -3.50. The Hall–Kier alpha value is -3.26. The second-order valence-electron chi connectivity index (χ2n) is 7.32. The van der Waals surface area contributed by atoms with Gasteiger partial charge in [0.25, 0.3) is 10.0 Å². The molecular formula is C19H15F3N6O3S2. The molecule has 0 saturated carbocycles. The molecule has 1 aliphatic heterocycles. The maximum absolute atomic E-state index is 12.9. The molecule has 1 aliphatic rings. The highest BCUT2D eigenvalue weighted by Crippen LogP contribution is 2.41. The first-order valence-corrected chi connectivity index (χ1v) is 12.2. The van der Waals surface area contributed by atoms with Gasteiger partial charge in [0.1, 0.15) is 18.6 Å². The lowest BCUT2D eigenvalue weighted by Crippen LogP contribution is -2.19. The lowest BCUT2D eigenvalue weighted by atomic mass is 10.0. The summed E-state index contributed by atoms with van der Waals surface area (Å²) in [6, 6.07) is 5.34. The number of alkyl halides is 3. The Morgan fingerprint density at radius 3 is 2.76 bits per heavy atom.